The molecule has 0 saturated carbocycles. The van der Waals surface area contributed by atoms with Crippen LogP contribution in [0.4, 0.5) is 0 Å². The van der Waals surface area contributed by atoms with E-state index in [0.717, 1.165) is 5.56 Å². The van der Waals surface area contributed by atoms with Crippen molar-refractivity contribution in [1.82, 2.24) is 10.1 Å². The molecule has 2 aromatic carbocycles. The Morgan fingerprint density at radius 2 is 1.97 bits per heavy atom. The number of benzene rings is 2. The molecule has 0 amide bonds. The van der Waals surface area contributed by atoms with Crippen LogP contribution in [0.3, 0.4) is 0 Å². The summed E-state index contributed by atoms with van der Waals surface area (Å²) in [7, 11) is 0. The average molecular weight is 419 g/mol. The quantitative estimate of drug-likeness (QED) is 0.572. The highest BCUT2D eigenvalue weighted by atomic mass is 35.5. The van der Waals surface area contributed by atoms with E-state index in [1.807, 2.05) is 32.9 Å². The Hall–Kier alpha value is -2.61. The van der Waals surface area contributed by atoms with Crippen LogP contribution in [0.5, 0.6) is 11.5 Å². The van der Waals surface area contributed by atoms with E-state index >= 15 is 0 Å². The van der Waals surface area contributed by atoms with Crippen LogP contribution in [0, 0.1) is 6.92 Å². The van der Waals surface area contributed by atoms with E-state index in [4.69, 9.17) is 30.7 Å². The molecule has 1 heterocycles. The van der Waals surface area contributed by atoms with Crippen molar-refractivity contribution in [2.75, 3.05) is 13.2 Å². The molecule has 1 atom stereocenters. The van der Waals surface area contributed by atoms with Gasteiger partial charge >= 0.3 is 0 Å². The number of ether oxygens (including phenoxy) is 2. The van der Waals surface area contributed by atoms with E-state index in [0.29, 0.717) is 39.4 Å². The highest BCUT2D eigenvalue weighted by molar-refractivity contribution is 6.32. The molecule has 0 saturated heterocycles. The van der Waals surface area contributed by atoms with Crippen LogP contribution in [0.2, 0.25) is 5.02 Å². The van der Waals surface area contributed by atoms with Gasteiger partial charge in [0.05, 0.1) is 17.7 Å². The number of aliphatic hydroxyl groups excluding tert-OH is 2. The largest absolute Gasteiger partial charge is 0.491 e. The van der Waals surface area contributed by atoms with Gasteiger partial charge in [-0.2, -0.15) is 4.98 Å². The molecule has 154 valence electrons. The summed E-state index contributed by atoms with van der Waals surface area (Å²) in [6, 6.07) is 10.7. The van der Waals surface area contributed by atoms with Crippen molar-refractivity contribution in [3.05, 3.63) is 47.0 Å². The minimum Gasteiger partial charge on any atom is -0.491 e. The first kappa shape index (κ1) is 21.1. The lowest BCUT2D eigenvalue weighted by molar-refractivity contribution is 0.0534. The lowest BCUT2D eigenvalue weighted by atomic mass is 10.1. The summed E-state index contributed by atoms with van der Waals surface area (Å²) in [4.78, 5) is 4.47. The average Bonchev–Trinajstić information content (AvgIpc) is 3.18. The molecule has 2 N–H and O–H groups in total. The van der Waals surface area contributed by atoms with Gasteiger partial charge in [-0.15, -0.1) is 0 Å². The molecule has 0 aliphatic heterocycles. The van der Waals surface area contributed by atoms with Gasteiger partial charge in [0.2, 0.25) is 5.82 Å². The molecule has 0 spiro atoms. The topological polar surface area (TPSA) is 97.8 Å². The molecule has 0 fully saturated rings. The van der Waals surface area contributed by atoms with Gasteiger partial charge in [0.15, 0.2) is 0 Å². The molecule has 1 aromatic heterocycles. The monoisotopic (exact) mass is 418 g/mol. The van der Waals surface area contributed by atoms with Crippen LogP contribution in [0.1, 0.15) is 19.4 Å². The van der Waals surface area contributed by atoms with Gasteiger partial charge in [-0.25, -0.2) is 0 Å². The smallest absolute Gasteiger partial charge is 0.258 e. The molecular formula is C21H23ClN2O5. The van der Waals surface area contributed by atoms with E-state index in [-0.39, 0.29) is 19.3 Å². The molecule has 7 nitrogen and oxygen atoms in total. The summed E-state index contributed by atoms with van der Waals surface area (Å²) >= 11 is 6.30. The number of nitrogens with zero attached hydrogens (tertiary/aromatic N) is 2. The third kappa shape index (κ3) is 5.06. The third-order valence-corrected chi connectivity index (χ3v) is 4.43. The van der Waals surface area contributed by atoms with Crippen molar-refractivity contribution in [1.29, 1.82) is 0 Å². The van der Waals surface area contributed by atoms with Crippen LogP contribution < -0.4 is 9.47 Å². The minimum atomic E-state index is -0.944. The second-order valence-electron chi connectivity index (χ2n) is 6.81. The van der Waals surface area contributed by atoms with Gasteiger partial charge < -0.3 is 24.2 Å². The van der Waals surface area contributed by atoms with Crippen LogP contribution >= 0.6 is 11.6 Å². The van der Waals surface area contributed by atoms with Gasteiger partial charge in [-0.05, 0) is 51.1 Å². The fraction of sp³-hybridized carbons (Fsp3) is 0.333. The van der Waals surface area contributed by atoms with Crippen LogP contribution in [-0.2, 0) is 0 Å². The molecule has 0 aliphatic rings. The Morgan fingerprint density at radius 1 is 1.17 bits per heavy atom. The third-order valence-electron chi connectivity index (χ3n) is 4.14. The van der Waals surface area contributed by atoms with Gasteiger partial charge in [0, 0.05) is 16.7 Å². The molecule has 3 aromatic rings. The Morgan fingerprint density at radius 3 is 2.66 bits per heavy atom. The molecule has 0 bridgehead atoms. The lowest BCUT2D eigenvalue weighted by Crippen LogP contribution is -2.21. The highest BCUT2D eigenvalue weighted by Crippen LogP contribution is 2.33. The summed E-state index contributed by atoms with van der Waals surface area (Å²) in [5.41, 5.74) is 2.20. The van der Waals surface area contributed by atoms with Crippen molar-refractivity contribution >= 4 is 11.6 Å². The highest BCUT2D eigenvalue weighted by Gasteiger charge is 2.16. The van der Waals surface area contributed by atoms with E-state index in [2.05, 4.69) is 10.1 Å². The molecule has 29 heavy (non-hydrogen) atoms. The van der Waals surface area contributed by atoms with E-state index in [9.17, 15) is 5.11 Å². The Labute approximate surface area is 173 Å². The minimum absolute atomic E-state index is 0.0147. The van der Waals surface area contributed by atoms with E-state index in [1.54, 1.807) is 24.3 Å². The zero-order chi connectivity index (χ0) is 21.0. The second kappa shape index (κ2) is 9.26. The fourth-order valence-corrected chi connectivity index (χ4v) is 2.91. The predicted octanol–water partition coefficient (Wildman–Crippen LogP) is 3.88. The number of rotatable bonds is 8. The summed E-state index contributed by atoms with van der Waals surface area (Å²) in [5.74, 6) is 1.90. The Balaban J connectivity index is 1.84. The zero-order valence-electron chi connectivity index (χ0n) is 16.4. The van der Waals surface area contributed by atoms with Crippen molar-refractivity contribution in [3.63, 3.8) is 0 Å². The molecule has 0 aliphatic carbocycles. The number of aliphatic hydroxyl groups is 2. The molecular weight excluding hydrogens is 396 g/mol. The van der Waals surface area contributed by atoms with Gasteiger partial charge in [-0.1, -0.05) is 22.8 Å². The zero-order valence-corrected chi connectivity index (χ0v) is 17.2. The molecule has 8 heteroatoms. The number of hydrogen-bond acceptors (Lipinski definition) is 7. The SMILES string of the molecule is Cc1c(OCC(O)CO)cccc1-c1nc(-c2ccc(OC(C)C)c(Cl)c2)no1. The maximum atomic E-state index is 9.48. The number of halogens is 1. The number of hydrogen-bond donors (Lipinski definition) is 2. The van der Waals surface area contributed by atoms with Gasteiger partial charge in [0.1, 0.15) is 24.2 Å². The van der Waals surface area contributed by atoms with Crippen LogP contribution in [-0.4, -0.2) is 45.8 Å². The fourth-order valence-electron chi connectivity index (χ4n) is 2.68. The maximum Gasteiger partial charge on any atom is 0.258 e. The van der Waals surface area contributed by atoms with Crippen molar-refractivity contribution in [2.24, 2.45) is 0 Å². The normalized spacial score (nSPS) is 12.2. The summed E-state index contributed by atoms with van der Waals surface area (Å²) < 4.78 is 16.7. The summed E-state index contributed by atoms with van der Waals surface area (Å²) in [5, 5.41) is 22.9. The predicted molar refractivity (Wildman–Crippen MR) is 109 cm³/mol. The summed E-state index contributed by atoms with van der Waals surface area (Å²) in [6.45, 7) is 5.34. The second-order valence-corrected chi connectivity index (χ2v) is 7.22. The van der Waals surface area contributed by atoms with E-state index < -0.39 is 6.10 Å². The Bertz CT molecular complexity index is 973. The van der Waals surface area contributed by atoms with Gasteiger partial charge in [0.25, 0.3) is 5.89 Å². The first-order valence-corrected chi connectivity index (χ1v) is 9.58. The van der Waals surface area contributed by atoms with Crippen molar-refractivity contribution < 1.29 is 24.2 Å². The molecule has 0 radical (unpaired) electrons. The maximum absolute atomic E-state index is 9.48. The Kier molecular flexibility index (Phi) is 6.74. The van der Waals surface area contributed by atoms with Crippen LogP contribution in [0.15, 0.2) is 40.9 Å². The van der Waals surface area contributed by atoms with Crippen LogP contribution in [0.25, 0.3) is 22.8 Å². The molecule has 3 rings (SSSR count). The first-order chi connectivity index (χ1) is 13.9. The number of aromatic nitrogens is 2. The van der Waals surface area contributed by atoms with Crippen molar-refractivity contribution in [3.8, 4) is 34.3 Å². The van der Waals surface area contributed by atoms with E-state index in [1.165, 1.54) is 0 Å². The first-order valence-electron chi connectivity index (χ1n) is 9.21. The summed E-state index contributed by atoms with van der Waals surface area (Å²) in [6.07, 6.45) is -0.924. The van der Waals surface area contributed by atoms with Gasteiger partial charge in [-0.3, -0.25) is 0 Å². The lowest BCUT2D eigenvalue weighted by Gasteiger charge is -2.13. The molecule has 1 unspecified atom stereocenters. The van der Waals surface area contributed by atoms with Crippen molar-refractivity contribution in [2.45, 2.75) is 33.0 Å². The standard InChI is InChI=1S/C21H23ClN2O5/c1-12(2)28-19-8-7-14(9-17(19)22)20-23-21(29-24-20)16-5-4-6-18(13(16)3)27-11-15(26)10-25/h4-9,12,15,25-26H,10-11H2,1-3H3.